The number of anilines is 1. The molecule has 2 aliphatic rings. The molecule has 0 atom stereocenters. The monoisotopic (exact) mass is 496 g/mol. The summed E-state index contributed by atoms with van der Waals surface area (Å²) in [4.78, 5) is 18.0. The van der Waals surface area contributed by atoms with Crippen molar-refractivity contribution in [2.75, 3.05) is 44.6 Å². The smallest absolute Gasteiger partial charge is 0.319 e. The number of carbonyl (C=O) groups is 1. The molecule has 2 amide bonds. The van der Waals surface area contributed by atoms with Gasteiger partial charge in [0.05, 0.1) is 5.69 Å². The first-order chi connectivity index (χ1) is 18.2. The number of amides is 2. The summed E-state index contributed by atoms with van der Waals surface area (Å²) >= 11 is 0. The van der Waals surface area contributed by atoms with E-state index in [1.165, 1.54) is 44.5 Å². The molecule has 2 saturated heterocycles. The molecule has 0 radical (unpaired) electrons. The average Bonchev–Trinajstić information content (AvgIpc) is 2.96. The van der Waals surface area contributed by atoms with Crippen LogP contribution in [0.15, 0.2) is 84.9 Å². The van der Waals surface area contributed by atoms with E-state index in [0.717, 1.165) is 55.2 Å². The highest BCUT2D eigenvalue weighted by atomic mass is 16.2. The Labute approximate surface area is 221 Å². The molecule has 0 unspecified atom stereocenters. The van der Waals surface area contributed by atoms with E-state index in [-0.39, 0.29) is 12.1 Å². The number of hydrogen-bond donors (Lipinski definition) is 2. The fraction of sp³-hybridized carbons (Fsp3) is 0.406. The van der Waals surface area contributed by atoms with Gasteiger partial charge < -0.3 is 20.4 Å². The van der Waals surface area contributed by atoms with Crippen LogP contribution in [0.5, 0.6) is 0 Å². The van der Waals surface area contributed by atoms with Crippen LogP contribution >= 0.6 is 0 Å². The molecule has 5 nitrogen and oxygen atoms in total. The summed E-state index contributed by atoms with van der Waals surface area (Å²) in [5, 5.41) is 6.29. The summed E-state index contributed by atoms with van der Waals surface area (Å²) in [6.07, 6.45) is 5.80. The van der Waals surface area contributed by atoms with Crippen molar-refractivity contribution in [3.05, 3.63) is 90.5 Å². The van der Waals surface area contributed by atoms with Gasteiger partial charge in [0, 0.05) is 24.7 Å². The fourth-order valence-electron chi connectivity index (χ4n) is 5.84. The van der Waals surface area contributed by atoms with Crippen LogP contribution in [0.25, 0.3) is 11.1 Å². The number of carbonyl (C=O) groups excluding carboxylic acids is 1. The highest BCUT2D eigenvalue weighted by Gasteiger charge is 2.23. The molecular formula is C32H40N4O. The first-order valence-corrected chi connectivity index (χ1v) is 14.0. The molecule has 3 aromatic carbocycles. The Morgan fingerprint density at radius 1 is 0.703 bits per heavy atom. The number of likely N-dealkylation sites (tertiary alicyclic amines) is 2. The third-order valence-electron chi connectivity index (χ3n) is 7.99. The van der Waals surface area contributed by atoms with Crippen molar-refractivity contribution in [1.82, 2.24) is 15.1 Å². The zero-order valence-electron chi connectivity index (χ0n) is 21.8. The number of rotatable bonds is 8. The van der Waals surface area contributed by atoms with Gasteiger partial charge >= 0.3 is 6.03 Å². The molecular weight excluding hydrogens is 456 g/mol. The van der Waals surface area contributed by atoms with E-state index in [9.17, 15) is 4.79 Å². The Hall–Kier alpha value is -3.15. The number of urea groups is 1. The standard InChI is InChI=1S/C32H40N4O/c37-32(34-31-15-8-7-14-30(31)28-12-5-2-6-13-28)33-29-18-24-36(25-19-29)21-9-20-35-22-16-27(17-23-35)26-10-3-1-4-11-26/h1-8,10-15,27,29H,9,16-25H2,(H2,33,34,37). The summed E-state index contributed by atoms with van der Waals surface area (Å²) in [5.41, 5.74) is 4.49. The lowest BCUT2D eigenvalue weighted by Gasteiger charge is -2.34. The molecule has 2 N–H and O–H groups in total. The Kier molecular flexibility index (Phi) is 8.88. The molecule has 0 aromatic heterocycles. The Morgan fingerprint density at radius 3 is 1.95 bits per heavy atom. The second-order valence-electron chi connectivity index (χ2n) is 10.5. The lowest BCUT2D eigenvalue weighted by Crippen LogP contribution is -2.46. The van der Waals surface area contributed by atoms with Crippen LogP contribution in [-0.2, 0) is 0 Å². The van der Waals surface area contributed by atoms with Gasteiger partial charge in [-0.3, -0.25) is 0 Å². The molecule has 0 saturated carbocycles. The van der Waals surface area contributed by atoms with Crippen LogP contribution in [-0.4, -0.2) is 61.1 Å². The molecule has 2 heterocycles. The van der Waals surface area contributed by atoms with E-state index in [1.54, 1.807) is 0 Å². The minimum absolute atomic E-state index is 0.110. The van der Waals surface area contributed by atoms with Crippen molar-refractivity contribution in [2.45, 2.75) is 44.1 Å². The SMILES string of the molecule is O=C(Nc1ccccc1-c1ccccc1)NC1CCN(CCCN2CCC(c3ccccc3)CC2)CC1. The maximum Gasteiger partial charge on any atom is 0.319 e. The molecule has 37 heavy (non-hydrogen) atoms. The first-order valence-electron chi connectivity index (χ1n) is 14.0. The maximum atomic E-state index is 12.8. The van der Waals surface area contributed by atoms with Gasteiger partial charge in [0.25, 0.3) is 0 Å². The van der Waals surface area contributed by atoms with E-state index in [4.69, 9.17) is 0 Å². The Balaban J connectivity index is 0.991. The molecule has 0 spiro atoms. The Morgan fingerprint density at radius 2 is 1.27 bits per heavy atom. The third kappa shape index (κ3) is 7.21. The fourth-order valence-corrected chi connectivity index (χ4v) is 5.84. The summed E-state index contributed by atoms with van der Waals surface area (Å²) in [5.74, 6) is 0.730. The Bertz CT molecular complexity index is 1100. The van der Waals surface area contributed by atoms with Crippen LogP contribution in [0.3, 0.4) is 0 Å². The van der Waals surface area contributed by atoms with Crippen molar-refractivity contribution >= 4 is 11.7 Å². The zero-order chi connectivity index (χ0) is 25.3. The van der Waals surface area contributed by atoms with E-state index in [0.29, 0.717) is 0 Å². The molecule has 5 rings (SSSR count). The predicted molar refractivity (Wildman–Crippen MR) is 153 cm³/mol. The highest BCUT2D eigenvalue weighted by molar-refractivity contribution is 5.94. The van der Waals surface area contributed by atoms with Crippen molar-refractivity contribution in [2.24, 2.45) is 0 Å². The summed E-state index contributed by atoms with van der Waals surface area (Å²) in [7, 11) is 0. The lowest BCUT2D eigenvalue weighted by atomic mass is 9.89. The van der Waals surface area contributed by atoms with Crippen molar-refractivity contribution in [3.63, 3.8) is 0 Å². The van der Waals surface area contributed by atoms with Gasteiger partial charge in [-0.1, -0.05) is 78.9 Å². The molecule has 5 heteroatoms. The number of benzene rings is 3. The number of nitrogens with zero attached hydrogens (tertiary/aromatic N) is 2. The minimum atomic E-state index is -0.110. The molecule has 194 valence electrons. The number of hydrogen-bond acceptors (Lipinski definition) is 3. The van der Waals surface area contributed by atoms with Gasteiger partial charge in [-0.25, -0.2) is 4.79 Å². The van der Waals surface area contributed by atoms with Gasteiger partial charge in [-0.05, 0) is 81.4 Å². The topological polar surface area (TPSA) is 47.6 Å². The van der Waals surface area contributed by atoms with Crippen LogP contribution in [0, 0.1) is 0 Å². The second kappa shape index (κ2) is 12.9. The largest absolute Gasteiger partial charge is 0.335 e. The van der Waals surface area contributed by atoms with Gasteiger partial charge in [-0.2, -0.15) is 0 Å². The van der Waals surface area contributed by atoms with Crippen molar-refractivity contribution in [3.8, 4) is 11.1 Å². The van der Waals surface area contributed by atoms with Crippen LogP contribution in [0.2, 0.25) is 0 Å². The number of para-hydroxylation sites is 1. The number of nitrogens with one attached hydrogen (secondary N) is 2. The van der Waals surface area contributed by atoms with Gasteiger partial charge in [-0.15, -0.1) is 0 Å². The van der Waals surface area contributed by atoms with Crippen molar-refractivity contribution in [1.29, 1.82) is 0 Å². The normalized spacial score (nSPS) is 17.9. The van der Waals surface area contributed by atoms with Crippen LogP contribution in [0.1, 0.15) is 43.6 Å². The molecule has 2 fully saturated rings. The van der Waals surface area contributed by atoms with E-state index in [1.807, 2.05) is 36.4 Å². The van der Waals surface area contributed by atoms with Crippen LogP contribution in [0.4, 0.5) is 10.5 Å². The highest BCUT2D eigenvalue weighted by Crippen LogP contribution is 2.28. The molecule has 0 aliphatic carbocycles. The molecule has 3 aromatic rings. The van der Waals surface area contributed by atoms with E-state index < -0.39 is 0 Å². The molecule has 2 aliphatic heterocycles. The van der Waals surface area contributed by atoms with E-state index >= 15 is 0 Å². The quantitative estimate of drug-likeness (QED) is 0.390. The lowest BCUT2D eigenvalue weighted by molar-refractivity contribution is 0.169. The second-order valence-corrected chi connectivity index (χ2v) is 10.5. The van der Waals surface area contributed by atoms with Gasteiger partial charge in [0.15, 0.2) is 0 Å². The summed E-state index contributed by atoms with van der Waals surface area (Å²) in [6.45, 7) is 6.90. The zero-order valence-corrected chi connectivity index (χ0v) is 21.8. The third-order valence-corrected chi connectivity index (χ3v) is 7.99. The van der Waals surface area contributed by atoms with Gasteiger partial charge in [0.1, 0.15) is 0 Å². The summed E-state index contributed by atoms with van der Waals surface area (Å²) in [6, 6.07) is 29.3. The predicted octanol–water partition coefficient (Wildman–Crippen LogP) is 6.21. The van der Waals surface area contributed by atoms with E-state index in [2.05, 4.69) is 69.0 Å². The molecule has 0 bridgehead atoms. The summed E-state index contributed by atoms with van der Waals surface area (Å²) < 4.78 is 0. The maximum absolute atomic E-state index is 12.8. The average molecular weight is 497 g/mol. The first kappa shape index (κ1) is 25.5. The van der Waals surface area contributed by atoms with Gasteiger partial charge in [0.2, 0.25) is 0 Å². The van der Waals surface area contributed by atoms with Crippen LogP contribution < -0.4 is 10.6 Å². The minimum Gasteiger partial charge on any atom is -0.335 e. The van der Waals surface area contributed by atoms with Crippen molar-refractivity contribution < 1.29 is 4.79 Å². The number of piperidine rings is 2.